The molecule has 0 atom stereocenters. The van der Waals surface area contributed by atoms with Crippen molar-refractivity contribution in [2.45, 2.75) is 13.5 Å². The molecule has 2 rings (SSSR count). The van der Waals surface area contributed by atoms with E-state index in [1.54, 1.807) is 7.11 Å². The summed E-state index contributed by atoms with van der Waals surface area (Å²) in [5, 5.41) is 0.418. The quantitative estimate of drug-likeness (QED) is 0.793. The summed E-state index contributed by atoms with van der Waals surface area (Å²) in [5.74, 6) is -0.425. The van der Waals surface area contributed by atoms with E-state index in [-0.39, 0.29) is 0 Å². The van der Waals surface area contributed by atoms with E-state index in [1.807, 2.05) is 41.8 Å². The van der Waals surface area contributed by atoms with Gasteiger partial charge in [0.25, 0.3) is 0 Å². The first-order valence-electron chi connectivity index (χ1n) is 6.63. The van der Waals surface area contributed by atoms with Gasteiger partial charge in [-0.2, -0.15) is 0 Å². The number of hydrogen-bond acceptors (Lipinski definition) is 3. The maximum Gasteiger partial charge on any atom is 0.341 e. The number of halogens is 1. The molecule has 4 nitrogen and oxygen atoms in total. The standard InChI is InChI=1S/C16H18ClNO3/c1-11-13(16(19)21-3)14(17)15(18(11)9-10-20-2)12-7-5-4-6-8-12/h4-8H,9-10H2,1-3H3. The van der Waals surface area contributed by atoms with Gasteiger partial charge in [-0.1, -0.05) is 41.9 Å². The highest BCUT2D eigenvalue weighted by atomic mass is 35.5. The Bertz CT molecular complexity index is 635. The molecule has 0 aliphatic heterocycles. The Hall–Kier alpha value is -1.78. The fourth-order valence-corrected chi connectivity index (χ4v) is 2.80. The van der Waals surface area contributed by atoms with E-state index in [2.05, 4.69) is 0 Å². The molecule has 21 heavy (non-hydrogen) atoms. The molecule has 0 fully saturated rings. The van der Waals surface area contributed by atoms with Crippen LogP contribution in [0.4, 0.5) is 0 Å². The van der Waals surface area contributed by atoms with Gasteiger partial charge in [-0.05, 0) is 12.5 Å². The second-order valence-corrected chi connectivity index (χ2v) is 5.00. The van der Waals surface area contributed by atoms with E-state index >= 15 is 0 Å². The average molecular weight is 308 g/mol. The lowest BCUT2D eigenvalue weighted by molar-refractivity contribution is 0.0600. The topological polar surface area (TPSA) is 40.5 Å². The number of esters is 1. The summed E-state index contributed by atoms with van der Waals surface area (Å²) in [5.41, 5.74) is 2.96. The third kappa shape index (κ3) is 2.96. The molecule has 0 radical (unpaired) electrons. The largest absolute Gasteiger partial charge is 0.465 e. The minimum atomic E-state index is -0.425. The van der Waals surface area contributed by atoms with Gasteiger partial charge in [0.05, 0.1) is 30.0 Å². The normalized spacial score (nSPS) is 10.7. The second kappa shape index (κ2) is 6.78. The summed E-state index contributed by atoms with van der Waals surface area (Å²) in [6.45, 7) is 3.01. The van der Waals surface area contributed by atoms with E-state index < -0.39 is 5.97 Å². The molecule has 0 N–H and O–H groups in total. The SMILES string of the molecule is COCCn1c(C)c(C(=O)OC)c(Cl)c1-c1ccccc1. The van der Waals surface area contributed by atoms with Gasteiger partial charge in [-0.25, -0.2) is 4.79 Å². The molecule has 1 heterocycles. The molecule has 0 saturated heterocycles. The van der Waals surface area contributed by atoms with Crippen molar-refractivity contribution in [1.29, 1.82) is 0 Å². The predicted octanol–water partition coefficient (Wildman–Crippen LogP) is 3.55. The number of carbonyl (C=O) groups excluding carboxylic acids is 1. The molecule has 0 unspecified atom stereocenters. The smallest absolute Gasteiger partial charge is 0.341 e. The van der Waals surface area contributed by atoms with Gasteiger partial charge in [-0.15, -0.1) is 0 Å². The number of methoxy groups -OCH3 is 2. The first kappa shape index (κ1) is 15.6. The number of aromatic nitrogens is 1. The summed E-state index contributed by atoms with van der Waals surface area (Å²) < 4.78 is 12.0. The molecule has 1 aromatic heterocycles. The molecule has 112 valence electrons. The number of nitrogens with zero attached hydrogens (tertiary/aromatic N) is 1. The van der Waals surface area contributed by atoms with Gasteiger partial charge in [0.1, 0.15) is 0 Å². The van der Waals surface area contributed by atoms with E-state index in [0.29, 0.717) is 23.7 Å². The Morgan fingerprint density at radius 3 is 2.48 bits per heavy atom. The van der Waals surface area contributed by atoms with Gasteiger partial charge in [-0.3, -0.25) is 0 Å². The Kier molecular flexibility index (Phi) is 5.04. The monoisotopic (exact) mass is 307 g/mol. The molecule has 0 spiro atoms. The molecular weight excluding hydrogens is 290 g/mol. The molecule has 0 bridgehead atoms. The minimum Gasteiger partial charge on any atom is -0.465 e. The third-order valence-electron chi connectivity index (χ3n) is 3.42. The molecule has 0 saturated carbocycles. The van der Waals surface area contributed by atoms with Crippen LogP contribution in [0, 0.1) is 6.92 Å². The molecule has 5 heteroatoms. The molecule has 0 aliphatic carbocycles. The van der Waals surface area contributed by atoms with Crippen molar-refractivity contribution in [3.05, 3.63) is 46.6 Å². The number of ether oxygens (including phenoxy) is 2. The van der Waals surface area contributed by atoms with Gasteiger partial charge in [0.2, 0.25) is 0 Å². The Morgan fingerprint density at radius 2 is 1.90 bits per heavy atom. The third-order valence-corrected chi connectivity index (χ3v) is 3.79. The van der Waals surface area contributed by atoms with Crippen LogP contribution in [0.25, 0.3) is 11.3 Å². The zero-order chi connectivity index (χ0) is 15.4. The molecule has 1 aromatic carbocycles. The average Bonchev–Trinajstić information content (AvgIpc) is 2.76. The fraction of sp³-hybridized carbons (Fsp3) is 0.312. The Balaban J connectivity index is 2.64. The fourth-order valence-electron chi connectivity index (χ4n) is 2.38. The molecule has 0 aliphatic rings. The highest BCUT2D eigenvalue weighted by Crippen LogP contribution is 2.36. The summed E-state index contributed by atoms with van der Waals surface area (Å²) in [6.07, 6.45) is 0. The number of benzene rings is 1. The zero-order valence-corrected chi connectivity index (χ0v) is 13.1. The Morgan fingerprint density at radius 1 is 1.24 bits per heavy atom. The second-order valence-electron chi connectivity index (χ2n) is 4.63. The van der Waals surface area contributed by atoms with E-state index in [9.17, 15) is 4.79 Å². The van der Waals surface area contributed by atoms with Crippen molar-refractivity contribution >= 4 is 17.6 Å². The van der Waals surface area contributed by atoms with Crippen LogP contribution in [0.15, 0.2) is 30.3 Å². The summed E-state index contributed by atoms with van der Waals surface area (Å²) in [7, 11) is 3.00. The maximum atomic E-state index is 12.0. The van der Waals surface area contributed by atoms with Crippen LogP contribution in [0.5, 0.6) is 0 Å². The predicted molar refractivity (Wildman–Crippen MR) is 82.8 cm³/mol. The first-order valence-corrected chi connectivity index (χ1v) is 7.00. The van der Waals surface area contributed by atoms with Crippen molar-refractivity contribution in [3.63, 3.8) is 0 Å². The molecule has 2 aromatic rings. The van der Waals surface area contributed by atoms with Crippen molar-refractivity contribution in [2.75, 3.05) is 20.8 Å². The van der Waals surface area contributed by atoms with Crippen molar-refractivity contribution in [2.24, 2.45) is 0 Å². The summed E-state index contributed by atoms with van der Waals surface area (Å²) in [4.78, 5) is 12.0. The van der Waals surface area contributed by atoms with Crippen LogP contribution in [0.2, 0.25) is 5.02 Å². The highest BCUT2D eigenvalue weighted by Gasteiger charge is 2.25. The summed E-state index contributed by atoms with van der Waals surface area (Å²) >= 11 is 6.46. The number of carbonyl (C=O) groups is 1. The van der Waals surface area contributed by atoms with Gasteiger partial charge in [0.15, 0.2) is 0 Å². The summed E-state index contributed by atoms with van der Waals surface area (Å²) in [6, 6.07) is 9.74. The lowest BCUT2D eigenvalue weighted by Crippen LogP contribution is -2.09. The van der Waals surface area contributed by atoms with Gasteiger partial charge in [0, 0.05) is 19.3 Å². The van der Waals surface area contributed by atoms with Crippen LogP contribution >= 0.6 is 11.6 Å². The van der Waals surface area contributed by atoms with Crippen LogP contribution in [-0.4, -0.2) is 31.4 Å². The maximum absolute atomic E-state index is 12.0. The van der Waals surface area contributed by atoms with E-state index in [0.717, 1.165) is 17.0 Å². The van der Waals surface area contributed by atoms with Crippen LogP contribution in [0.3, 0.4) is 0 Å². The zero-order valence-electron chi connectivity index (χ0n) is 12.4. The lowest BCUT2D eigenvalue weighted by Gasteiger charge is -2.11. The van der Waals surface area contributed by atoms with Gasteiger partial charge < -0.3 is 14.0 Å². The highest BCUT2D eigenvalue weighted by molar-refractivity contribution is 6.36. The minimum absolute atomic E-state index is 0.411. The van der Waals surface area contributed by atoms with Crippen LogP contribution < -0.4 is 0 Å². The van der Waals surface area contributed by atoms with Crippen molar-refractivity contribution in [3.8, 4) is 11.3 Å². The number of rotatable bonds is 5. The van der Waals surface area contributed by atoms with Gasteiger partial charge >= 0.3 is 5.97 Å². The molecule has 0 amide bonds. The van der Waals surface area contributed by atoms with E-state index in [4.69, 9.17) is 21.1 Å². The van der Waals surface area contributed by atoms with Crippen LogP contribution in [0.1, 0.15) is 16.1 Å². The lowest BCUT2D eigenvalue weighted by atomic mass is 10.1. The molecular formula is C16H18ClNO3. The van der Waals surface area contributed by atoms with Crippen molar-refractivity contribution in [1.82, 2.24) is 4.57 Å². The first-order chi connectivity index (χ1) is 10.1. The van der Waals surface area contributed by atoms with Crippen LogP contribution in [-0.2, 0) is 16.0 Å². The Labute approximate surface area is 129 Å². The number of hydrogen-bond donors (Lipinski definition) is 0. The van der Waals surface area contributed by atoms with E-state index in [1.165, 1.54) is 7.11 Å². The van der Waals surface area contributed by atoms with Crippen molar-refractivity contribution < 1.29 is 14.3 Å².